The van der Waals surface area contributed by atoms with Crippen molar-refractivity contribution in [2.24, 2.45) is 0 Å². The van der Waals surface area contributed by atoms with E-state index in [0.29, 0.717) is 31.5 Å². The quantitative estimate of drug-likeness (QED) is 0.161. The molecule has 242 valence electrons. The second kappa shape index (κ2) is 13.3. The van der Waals surface area contributed by atoms with Gasteiger partial charge in [-0.2, -0.15) is 31.4 Å². The van der Waals surface area contributed by atoms with E-state index >= 15 is 0 Å². The molecule has 0 bridgehead atoms. The lowest BCUT2D eigenvalue weighted by Gasteiger charge is -2.40. The number of nitrogens with one attached hydrogen (secondary N) is 2. The van der Waals surface area contributed by atoms with Gasteiger partial charge in [0.05, 0.1) is 27.3 Å². The molecule has 3 rings (SSSR count). The zero-order chi connectivity index (χ0) is 33.1. The van der Waals surface area contributed by atoms with Crippen molar-refractivity contribution in [3.8, 4) is 0 Å². The molecule has 44 heavy (non-hydrogen) atoms. The summed E-state index contributed by atoms with van der Waals surface area (Å²) in [6.07, 6.45) is -9.58. The first-order valence-electron chi connectivity index (χ1n) is 13.5. The van der Waals surface area contributed by atoms with Crippen LogP contribution in [-0.2, 0) is 31.7 Å². The molecule has 0 spiro atoms. The summed E-state index contributed by atoms with van der Waals surface area (Å²) in [5.41, 5.74) is -3.80. The Morgan fingerprint density at radius 3 is 2.14 bits per heavy atom. The van der Waals surface area contributed by atoms with Gasteiger partial charge in [-0.15, -0.1) is 6.58 Å². The smallest absolute Gasteiger partial charge is 0.417 e. The van der Waals surface area contributed by atoms with E-state index in [4.69, 9.17) is 4.74 Å². The SMILES string of the molecule is C=CCS(=O)(=O)c1c(C(=O)NN(C2CCNCC2)C(C(=O)OC(C)(C)C)c2ccccc2)cc(C(F)(F)F)cc1C(F)(F)F. The molecule has 0 aliphatic carbocycles. The van der Waals surface area contributed by atoms with Crippen LogP contribution in [0.4, 0.5) is 26.3 Å². The van der Waals surface area contributed by atoms with Crippen LogP contribution in [0.25, 0.3) is 0 Å². The van der Waals surface area contributed by atoms with Gasteiger partial charge in [0.2, 0.25) is 0 Å². The average molecular weight is 650 g/mol. The van der Waals surface area contributed by atoms with Gasteiger partial charge in [-0.1, -0.05) is 36.4 Å². The molecule has 8 nitrogen and oxygen atoms in total. The Morgan fingerprint density at radius 1 is 1.05 bits per heavy atom. The van der Waals surface area contributed by atoms with Crippen molar-refractivity contribution >= 4 is 21.7 Å². The molecule has 1 aliphatic rings. The normalized spacial score (nSPS) is 16.0. The molecule has 1 aliphatic heterocycles. The number of esters is 1. The molecule has 1 atom stereocenters. The molecule has 1 saturated heterocycles. The van der Waals surface area contributed by atoms with Crippen molar-refractivity contribution in [2.75, 3.05) is 18.8 Å². The first-order chi connectivity index (χ1) is 20.3. The number of halogens is 6. The molecule has 1 heterocycles. The third kappa shape index (κ3) is 8.60. The Morgan fingerprint density at radius 2 is 1.64 bits per heavy atom. The molecule has 0 radical (unpaired) electrons. The largest absolute Gasteiger partial charge is 0.458 e. The summed E-state index contributed by atoms with van der Waals surface area (Å²) >= 11 is 0. The van der Waals surface area contributed by atoms with E-state index in [9.17, 15) is 44.3 Å². The number of nitrogens with zero attached hydrogens (tertiary/aromatic N) is 1. The molecule has 1 unspecified atom stereocenters. The maximum absolute atomic E-state index is 14.1. The maximum atomic E-state index is 14.1. The van der Waals surface area contributed by atoms with Gasteiger partial charge in [-0.3, -0.25) is 10.2 Å². The minimum absolute atomic E-state index is 0.0617. The van der Waals surface area contributed by atoms with Gasteiger partial charge >= 0.3 is 18.3 Å². The summed E-state index contributed by atoms with van der Waals surface area (Å²) in [6.45, 7) is 8.81. The van der Waals surface area contributed by atoms with Crippen molar-refractivity contribution in [3.63, 3.8) is 0 Å². The van der Waals surface area contributed by atoms with Crippen LogP contribution >= 0.6 is 0 Å². The second-order valence-electron chi connectivity index (χ2n) is 11.1. The number of benzene rings is 2. The van der Waals surface area contributed by atoms with Crippen molar-refractivity contribution in [3.05, 3.63) is 77.4 Å². The van der Waals surface area contributed by atoms with E-state index in [1.807, 2.05) is 0 Å². The summed E-state index contributed by atoms with van der Waals surface area (Å²) in [7, 11) is -5.02. The number of carbonyl (C=O) groups excluding carboxylic acids is 2. The summed E-state index contributed by atoms with van der Waals surface area (Å²) in [5.74, 6) is -3.54. The Labute approximate surface area is 251 Å². The third-order valence-electron chi connectivity index (χ3n) is 6.57. The Kier molecular flexibility index (Phi) is 10.6. The van der Waals surface area contributed by atoms with Crippen LogP contribution in [0.15, 0.2) is 60.0 Å². The predicted octanol–water partition coefficient (Wildman–Crippen LogP) is 5.47. The number of rotatable bonds is 9. The van der Waals surface area contributed by atoms with Gasteiger partial charge in [0.15, 0.2) is 15.9 Å². The number of ether oxygens (including phenoxy) is 1. The lowest BCUT2D eigenvalue weighted by molar-refractivity contribution is -0.164. The maximum Gasteiger partial charge on any atom is 0.417 e. The third-order valence-corrected chi connectivity index (χ3v) is 8.31. The zero-order valence-corrected chi connectivity index (χ0v) is 25.0. The van der Waals surface area contributed by atoms with Crippen LogP contribution in [-0.4, -0.2) is 55.8 Å². The minimum Gasteiger partial charge on any atom is -0.458 e. The van der Waals surface area contributed by atoms with Crippen molar-refractivity contribution in [1.29, 1.82) is 0 Å². The van der Waals surface area contributed by atoms with Crippen LogP contribution < -0.4 is 10.7 Å². The lowest BCUT2D eigenvalue weighted by Crippen LogP contribution is -2.56. The lowest BCUT2D eigenvalue weighted by atomic mass is 9.99. The summed E-state index contributed by atoms with van der Waals surface area (Å²) < 4.78 is 116. The van der Waals surface area contributed by atoms with Crippen LogP contribution in [0.3, 0.4) is 0 Å². The molecule has 2 aromatic carbocycles. The van der Waals surface area contributed by atoms with Gasteiger partial charge in [-0.25, -0.2) is 13.2 Å². The fourth-order valence-corrected chi connectivity index (χ4v) is 6.25. The number of hydrazine groups is 1. The highest BCUT2D eigenvalue weighted by Gasteiger charge is 2.45. The number of carbonyl (C=O) groups is 2. The second-order valence-corrected chi connectivity index (χ2v) is 13.1. The highest BCUT2D eigenvalue weighted by atomic mass is 32.2. The van der Waals surface area contributed by atoms with Crippen molar-refractivity contribution < 1.29 is 49.1 Å². The van der Waals surface area contributed by atoms with Crippen LogP contribution in [0.5, 0.6) is 0 Å². The van der Waals surface area contributed by atoms with Gasteiger partial charge in [0.1, 0.15) is 5.60 Å². The van der Waals surface area contributed by atoms with Gasteiger partial charge in [0, 0.05) is 6.04 Å². The van der Waals surface area contributed by atoms with Crippen LogP contribution in [0.1, 0.15) is 66.7 Å². The standard InChI is InChI=1S/C29H33F6N3O5S/c1-5-15-44(41,42)24-21(16-19(28(30,31)32)17-22(24)29(33,34)35)25(39)37-38(20-11-13-36-14-12-20)23(18-9-7-6-8-10-18)26(40)43-27(2,3)4/h5-10,16-17,20,23,36H,1,11-15H2,2-4H3,(H,37,39). The first kappa shape index (κ1) is 35.1. The van der Waals surface area contributed by atoms with Crippen LogP contribution in [0.2, 0.25) is 0 Å². The summed E-state index contributed by atoms with van der Waals surface area (Å²) in [6, 6.07) is 5.59. The van der Waals surface area contributed by atoms with E-state index in [2.05, 4.69) is 17.3 Å². The molecule has 1 amide bonds. The van der Waals surface area contributed by atoms with E-state index < -0.39 is 79.1 Å². The summed E-state index contributed by atoms with van der Waals surface area (Å²) in [5, 5.41) is 4.23. The number of hydrogen-bond acceptors (Lipinski definition) is 7. The Balaban J connectivity index is 2.29. The molecular weight excluding hydrogens is 616 g/mol. The average Bonchev–Trinajstić information content (AvgIpc) is 2.91. The van der Waals surface area contributed by atoms with Gasteiger partial charge in [0.25, 0.3) is 5.91 Å². The molecule has 15 heteroatoms. The fraction of sp³-hybridized carbons (Fsp3) is 0.448. The van der Waals surface area contributed by atoms with E-state index in [-0.39, 0.29) is 12.1 Å². The molecule has 0 saturated carbocycles. The summed E-state index contributed by atoms with van der Waals surface area (Å²) in [4.78, 5) is 25.8. The topological polar surface area (TPSA) is 105 Å². The number of hydrogen-bond donors (Lipinski definition) is 2. The predicted molar refractivity (Wildman–Crippen MR) is 149 cm³/mol. The van der Waals surface area contributed by atoms with Crippen molar-refractivity contribution in [1.82, 2.24) is 15.8 Å². The van der Waals surface area contributed by atoms with Crippen LogP contribution in [0, 0.1) is 0 Å². The minimum atomic E-state index is -5.59. The molecule has 1 fully saturated rings. The number of amides is 1. The van der Waals surface area contributed by atoms with Gasteiger partial charge in [-0.05, 0) is 64.4 Å². The van der Waals surface area contributed by atoms with E-state index in [0.717, 1.165) is 11.1 Å². The van der Waals surface area contributed by atoms with E-state index in [1.165, 1.54) is 0 Å². The zero-order valence-electron chi connectivity index (χ0n) is 24.2. The molecule has 2 N–H and O–H groups in total. The number of alkyl halides is 6. The van der Waals surface area contributed by atoms with Gasteiger partial charge < -0.3 is 10.1 Å². The fourth-order valence-electron chi connectivity index (χ4n) is 4.78. The monoisotopic (exact) mass is 649 g/mol. The molecule has 2 aromatic rings. The first-order valence-corrected chi connectivity index (χ1v) is 15.2. The molecule has 0 aromatic heterocycles. The Bertz CT molecular complexity index is 1470. The van der Waals surface area contributed by atoms with Crippen molar-refractivity contribution in [2.45, 2.75) is 68.5 Å². The number of piperidine rings is 1. The number of sulfone groups is 1. The van der Waals surface area contributed by atoms with E-state index in [1.54, 1.807) is 51.1 Å². The highest BCUT2D eigenvalue weighted by Crippen LogP contribution is 2.41. The Hall–Kier alpha value is -3.43. The highest BCUT2D eigenvalue weighted by molar-refractivity contribution is 7.91. The molecular formula is C29H33F6N3O5S.